The van der Waals surface area contributed by atoms with Gasteiger partial charge in [-0.2, -0.15) is 0 Å². The number of thioether (sulfide) groups is 1. The van der Waals surface area contributed by atoms with Gasteiger partial charge in [0.2, 0.25) is 5.24 Å². The maximum absolute atomic E-state index is 11.2. The van der Waals surface area contributed by atoms with Crippen LogP contribution in [0.15, 0.2) is 23.6 Å². The van der Waals surface area contributed by atoms with E-state index in [4.69, 9.17) is 11.6 Å². The SMILES string of the molecule is O=C(Cl)C1Sc2nccc3ncnc1c23. The first kappa shape index (κ1) is 9.06. The zero-order chi connectivity index (χ0) is 10.4. The third-order valence-electron chi connectivity index (χ3n) is 2.23. The molecule has 15 heavy (non-hydrogen) atoms. The van der Waals surface area contributed by atoms with Gasteiger partial charge in [0.1, 0.15) is 16.6 Å². The van der Waals surface area contributed by atoms with Crippen molar-refractivity contribution < 1.29 is 4.79 Å². The molecule has 3 heterocycles. The Hall–Kier alpha value is -1.20. The summed E-state index contributed by atoms with van der Waals surface area (Å²) in [5.41, 5.74) is 1.48. The Morgan fingerprint density at radius 2 is 2.27 bits per heavy atom. The van der Waals surface area contributed by atoms with Gasteiger partial charge in [-0.1, -0.05) is 11.8 Å². The summed E-state index contributed by atoms with van der Waals surface area (Å²) in [6.07, 6.45) is 3.11. The van der Waals surface area contributed by atoms with E-state index in [1.807, 2.05) is 0 Å². The molecule has 1 aliphatic heterocycles. The molecule has 3 rings (SSSR count). The van der Waals surface area contributed by atoms with E-state index in [0.717, 1.165) is 15.9 Å². The summed E-state index contributed by atoms with van der Waals surface area (Å²) in [4.78, 5) is 23.6. The third-order valence-corrected chi connectivity index (χ3v) is 3.78. The predicted molar refractivity (Wildman–Crippen MR) is 56.8 cm³/mol. The van der Waals surface area contributed by atoms with Crippen LogP contribution in [0, 0.1) is 0 Å². The molecule has 2 aromatic rings. The molecule has 4 nitrogen and oxygen atoms in total. The van der Waals surface area contributed by atoms with Gasteiger partial charge >= 0.3 is 0 Å². The molecule has 0 bridgehead atoms. The number of pyridine rings is 1. The molecule has 1 aliphatic rings. The van der Waals surface area contributed by atoms with Crippen molar-refractivity contribution in [1.82, 2.24) is 15.0 Å². The van der Waals surface area contributed by atoms with E-state index in [1.54, 1.807) is 12.3 Å². The van der Waals surface area contributed by atoms with Gasteiger partial charge in [0.25, 0.3) is 0 Å². The number of rotatable bonds is 1. The molecule has 0 amide bonds. The van der Waals surface area contributed by atoms with Gasteiger partial charge in [-0.3, -0.25) is 4.79 Å². The molecule has 74 valence electrons. The molecule has 0 fully saturated rings. The van der Waals surface area contributed by atoms with Gasteiger partial charge in [-0.05, 0) is 17.7 Å². The second-order valence-corrected chi connectivity index (χ2v) is 4.54. The number of nitrogens with zero attached hydrogens (tertiary/aromatic N) is 3. The number of hydrogen-bond acceptors (Lipinski definition) is 5. The number of carbonyl (C=O) groups excluding carboxylic acids is 1. The van der Waals surface area contributed by atoms with Crippen molar-refractivity contribution in [2.24, 2.45) is 0 Å². The molecule has 1 atom stereocenters. The highest BCUT2D eigenvalue weighted by molar-refractivity contribution is 8.00. The molecular weight excluding hydrogens is 234 g/mol. The summed E-state index contributed by atoms with van der Waals surface area (Å²) < 4.78 is 0. The van der Waals surface area contributed by atoms with Crippen molar-refractivity contribution in [3.05, 3.63) is 24.3 Å². The number of carbonyl (C=O) groups is 1. The fraction of sp³-hybridized carbons (Fsp3) is 0.111. The van der Waals surface area contributed by atoms with Crippen molar-refractivity contribution in [3.63, 3.8) is 0 Å². The predicted octanol–water partition coefficient (Wildman–Crippen LogP) is 1.94. The largest absolute Gasteiger partial charge is 0.280 e. The lowest BCUT2D eigenvalue weighted by atomic mass is 10.2. The summed E-state index contributed by atoms with van der Waals surface area (Å²) in [6.45, 7) is 0. The molecule has 6 heteroatoms. The Bertz CT molecular complexity index is 569. The molecule has 0 saturated carbocycles. The van der Waals surface area contributed by atoms with Gasteiger partial charge in [-0.25, -0.2) is 15.0 Å². The van der Waals surface area contributed by atoms with E-state index in [9.17, 15) is 4.79 Å². The Kier molecular flexibility index (Phi) is 1.90. The fourth-order valence-electron chi connectivity index (χ4n) is 1.61. The second-order valence-electron chi connectivity index (χ2n) is 3.07. The van der Waals surface area contributed by atoms with Crippen molar-refractivity contribution >= 4 is 39.5 Å². The molecule has 0 spiro atoms. The van der Waals surface area contributed by atoms with Crippen molar-refractivity contribution in [2.45, 2.75) is 10.3 Å². The molecule has 0 radical (unpaired) electrons. The quantitative estimate of drug-likeness (QED) is 0.710. The lowest BCUT2D eigenvalue weighted by Gasteiger charge is -2.01. The first-order valence-corrected chi connectivity index (χ1v) is 5.49. The molecule has 0 N–H and O–H groups in total. The minimum absolute atomic E-state index is 0.419. The van der Waals surface area contributed by atoms with E-state index in [2.05, 4.69) is 15.0 Å². The maximum atomic E-state index is 11.2. The highest BCUT2D eigenvalue weighted by atomic mass is 35.5. The van der Waals surface area contributed by atoms with Crippen molar-refractivity contribution in [3.8, 4) is 0 Å². The summed E-state index contributed by atoms with van der Waals surface area (Å²) in [5, 5.41) is 0.770. The lowest BCUT2D eigenvalue weighted by Crippen LogP contribution is -2.01. The smallest absolute Gasteiger partial charge is 0.241 e. The van der Waals surface area contributed by atoms with E-state index in [1.165, 1.54) is 18.1 Å². The zero-order valence-corrected chi connectivity index (χ0v) is 8.92. The molecule has 0 aliphatic carbocycles. The molecule has 0 aromatic carbocycles. The molecule has 1 unspecified atom stereocenters. The van der Waals surface area contributed by atoms with E-state index >= 15 is 0 Å². The zero-order valence-electron chi connectivity index (χ0n) is 7.35. The van der Waals surface area contributed by atoms with Crippen LogP contribution in [0.3, 0.4) is 0 Å². The highest BCUT2D eigenvalue weighted by Gasteiger charge is 2.32. The Morgan fingerprint density at radius 1 is 1.40 bits per heavy atom. The van der Waals surface area contributed by atoms with E-state index < -0.39 is 10.5 Å². The van der Waals surface area contributed by atoms with Crippen LogP contribution in [-0.2, 0) is 4.79 Å². The minimum Gasteiger partial charge on any atom is -0.280 e. The van der Waals surface area contributed by atoms with E-state index in [0.29, 0.717) is 5.69 Å². The van der Waals surface area contributed by atoms with Gasteiger partial charge in [0.15, 0.2) is 0 Å². The van der Waals surface area contributed by atoms with Crippen LogP contribution >= 0.6 is 23.4 Å². The summed E-state index contributed by atoms with van der Waals surface area (Å²) in [6, 6.07) is 1.80. The summed E-state index contributed by atoms with van der Waals surface area (Å²) in [7, 11) is 0. The second kappa shape index (κ2) is 3.15. The van der Waals surface area contributed by atoms with Crippen LogP contribution in [0.5, 0.6) is 0 Å². The Balaban J connectivity index is 2.36. The van der Waals surface area contributed by atoms with Crippen LogP contribution < -0.4 is 0 Å². The van der Waals surface area contributed by atoms with Gasteiger partial charge in [-0.15, -0.1) is 0 Å². The third kappa shape index (κ3) is 1.23. The molecular formula is C9H4ClN3OS. The van der Waals surface area contributed by atoms with Gasteiger partial charge < -0.3 is 0 Å². The minimum atomic E-state index is -0.443. The fourth-order valence-corrected chi connectivity index (χ4v) is 2.90. The summed E-state index contributed by atoms with van der Waals surface area (Å²) in [5.74, 6) is 0. The average Bonchev–Trinajstić information content (AvgIpc) is 2.61. The van der Waals surface area contributed by atoms with Crippen LogP contribution in [0.1, 0.15) is 10.9 Å². The van der Waals surface area contributed by atoms with E-state index in [-0.39, 0.29) is 0 Å². The van der Waals surface area contributed by atoms with Gasteiger partial charge in [0, 0.05) is 6.20 Å². The van der Waals surface area contributed by atoms with Gasteiger partial charge in [0.05, 0.1) is 16.6 Å². The monoisotopic (exact) mass is 237 g/mol. The maximum Gasteiger partial charge on any atom is 0.241 e. The number of hydrogen-bond donors (Lipinski definition) is 0. The molecule has 0 saturated heterocycles. The number of halogens is 1. The topological polar surface area (TPSA) is 55.7 Å². The van der Waals surface area contributed by atoms with Crippen LogP contribution in [0.2, 0.25) is 0 Å². The molecule has 2 aromatic heterocycles. The number of aromatic nitrogens is 3. The van der Waals surface area contributed by atoms with Crippen LogP contribution in [0.4, 0.5) is 0 Å². The van der Waals surface area contributed by atoms with Crippen molar-refractivity contribution in [2.75, 3.05) is 0 Å². The highest BCUT2D eigenvalue weighted by Crippen LogP contribution is 2.47. The average molecular weight is 238 g/mol. The van der Waals surface area contributed by atoms with Crippen LogP contribution in [-0.4, -0.2) is 20.2 Å². The lowest BCUT2D eigenvalue weighted by molar-refractivity contribution is -0.111. The first-order valence-electron chi connectivity index (χ1n) is 4.23. The summed E-state index contributed by atoms with van der Waals surface area (Å²) >= 11 is 6.84. The Labute approximate surface area is 94.1 Å². The standard InChI is InChI=1S/C9H4ClN3OS/c10-8(14)7-6-5-4(12-3-13-6)1-2-11-9(5)15-7/h1-3,7H. The normalized spacial score (nSPS) is 18.3. The Morgan fingerprint density at radius 3 is 3.07 bits per heavy atom. The first-order chi connectivity index (χ1) is 7.27. The van der Waals surface area contributed by atoms with Crippen molar-refractivity contribution in [1.29, 1.82) is 0 Å². The van der Waals surface area contributed by atoms with Crippen LogP contribution in [0.25, 0.3) is 10.9 Å².